The number of carbonyl (C=O) groups is 1. The molecule has 32 heavy (non-hydrogen) atoms. The molecule has 0 N–H and O–H groups in total. The van der Waals surface area contributed by atoms with E-state index in [4.69, 9.17) is 9.47 Å². The van der Waals surface area contributed by atoms with Crippen molar-refractivity contribution in [2.45, 2.75) is 70.3 Å². The maximum atomic E-state index is 13.7. The maximum absolute atomic E-state index is 13.7. The molecule has 0 aromatic rings. The van der Waals surface area contributed by atoms with Crippen molar-refractivity contribution in [2.24, 2.45) is 35.5 Å². The van der Waals surface area contributed by atoms with Crippen LogP contribution in [0.15, 0.2) is 24.1 Å². The molecule has 0 bridgehead atoms. The molecule has 176 valence electrons. The zero-order valence-corrected chi connectivity index (χ0v) is 19.5. The molecule has 7 unspecified atom stereocenters. The molecule has 5 heteroatoms. The molecule has 1 saturated heterocycles. The van der Waals surface area contributed by atoms with Crippen molar-refractivity contribution in [1.29, 1.82) is 0 Å². The van der Waals surface area contributed by atoms with E-state index in [-0.39, 0.29) is 6.03 Å². The zero-order chi connectivity index (χ0) is 21.5. The second-order valence-electron chi connectivity index (χ2n) is 11.3. The number of hydrogen-bond acceptors (Lipinski definition) is 3. The minimum atomic E-state index is 0.151. The van der Waals surface area contributed by atoms with Gasteiger partial charge in [0.1, 0.15) is 12.9 Å². The number of nitrogens with zero attached hydrogens (tertiary/aromatic N) is 2. The Balaban J connectivity index is 1.19. The molecule has 4 saturated carbocycles. The van der Waals surface area contributed by atoms with Crippen LogP contribution in [0, 0.1) is 35.5 Å². The normalized spacial score (nSPS) is 41.1. The Bertz CT molecular complexity index is 758. The van der Waals surface area contributed by atoms with Gasteiger partial charge in [-0.15, -0.1) is 0 Å². The molecular weight excluding hydrogens is 400 g/mol. The molecule has 4 aliphatic carbocycles. The van der Waals surface area contributed by atoms with Crippen LogP contribution in [0.1, 0.15) is 64.2 Å². The van der Waals surface area contributed by atoms with Gasteiger partial charge in [0.25, 0.3) is 0 Å². The molecule has 0 spiro atoms. The molecule has 5 fully saturated rings. The Kier molecular flexibility index (Phi) is 5.95. The third kappa shape index (κ3) is 3.78. The minimum absolute atomic E-state index is 0.151. The number of urea groups is 1. The van der Waals surface area contributed by atoms with Crippen molar-refractivity contribution in [3.8, 4) is 0 Å². The third-order valence-electron chi connectivity index (χ3n) is 9.94. The number of amides is 2. The minimum Gasteiger partial charge on any atom is -0.495 e. The Morgan fingerprint density at radius 1 is 0.875 bits per heavy atom. The number of carbonyl (C=O) groups excluding carboxylic acids is 1. The molecule has 5 nitrogen and oxygen atoms in total. The summed E-state index contributed by atoms with van der Waals surface area (Å²) in [6.07, 6.45) is 19.9. The highest BCUT2D eigenvalue weighted by Gasteiger charge is 2.50. The monoisotopic (exact) mass is 440 g/mol. The molecule has 7 atom stereocenters. The molecule has 0 aromatic carbocycles. The van der Waals surface area contributed by atoms with Gasteiger partial charge in [-0.05, 0) is 99.0 Å². The summed E-state index contributed by atoms with van der Waals surface area (Å²) >= 11 is 0. The first kappa shape index (κ1) is 21.1. The second-order valence-corrected chi connectivity index (χ2v) is 11.3. The summed E-state index contributed by atoms with van der Waals surface area (Å²) < 4.78 is 11.1. The Morgan fingerprint density at radius 2 is 1.62 bits per heavy atom. The summed E-state index contributed by atoms with van der Waals surface area (Å²) in [6.45, 7) is 3.28. The van der Waals surface area contributed by atoms with E-state index < -0.39 is 0 Å². The van der Waals surface area contributed by atoms with Gasteiger partial charge in [-0.25, -0.2) is 4.79 Å². The zero-order valence-electron chi connectivity index (χ0n) is 19.5. The maximum Gasteiger partial charge on any atom is 0.325 e. The summed E-state index contributed by atoms with van der Waals surface area (Å²) in [7, 11) is 0. The van der Waals surface area contributed by atoms with Gasteiger partial charge in [0.15, 0.2) is 0 Å². The third-order valence-corrected chi connectivity index (χ3v) is 9.94. The fourth-order valence-electron chi connectivity index (χ4n) is 8.60. The average molecular weight is 441 g/mol. The van der Waals surface area contributed by atoms with Gasteiger partial charge in [-0.2, -0.15) is 0 Å². The van der Waals surface area contributed by atoms with Crippen LogP contribution in [-0.2, 0) is 9.47 Å². The van der Waals surface area contributed by atoms with E-state index in [1.165, 1.54) is 57.8 Å². The second kappa shape index (κ2) is 9.04. The number of fused-ring (bicyclic) bond motifs is 5. The topological polar surface area (TPSA) is 42.0 Å². The largest absolute Gasteiger partial charge is 0.495 e. The van der Waals surface area contributed by atoms with Crippen molar-refractivity contribution in [2.75, 3.05) is 32.9 Å². The van der Waals surface area contributed by atoms with E-state index in [9.17, 15) is 4.79 Å². The number of ether oxygens (including phenoxy) is 2. The van der Waals surface area contributed by atoms with Gasteiger partial charge in [0.2, 0.25) is 0 Å². The average Bonchev–Trinajstić information content (AvgIpc) is 3.34. The first-order valence-corrected chi connectivity index (χ1v) is 13.4. The molecule has 2 heterocycles. The van der Waals surface area contributed by atoms with Crippen LogP contribution in [0.4, 0.5) is 4.79 Å². The van der Waals surface area contributed by atoms with Crippen molar-refractivity contribution < 1.29 is 14.3 Å². The lowest BCUT2D eigenvalue weighted by molar-refractivity contribution is -0.0324. The standard InChI is InChI=1S/C27H40N2O3/c30-27(28-12-15-31-16-13-28)29(22-4-2-14-32-18-22)21-8-11-24-20(17-21)7-10-25-23-5-1-3-19(23)6-9-26(24)25/h2,4,18-21,23-26H,1,3,5-17H2. The van der Waals surface area contributed by atoms with Crippen molar-refractivity contribution in [3.05, 3.63) is 24.1 Å². The van der Waals surface area contributed by atoms with E-state index in [1.54, 1.807) is 0 Å². The van der Waals surface area contributed by atoms with Crippen LogP contribution in [0.3, 0.4) is 0 Å². The fourth-order valence-corrected chi connectivity index (χ4v) is 8.60. The Morgan fingerprint density at radius 3 is 2.41 bits per heavy atom. The smallest absolute Gasteiger partial charge is 0.325 e. The SMILES string of the molecule is O=C(N1CCOCC1)N(C1=COCC=C1)C1CCC2C(CCC3C4CCCC4CCC23)C1. The van der Waals surface area contributed by atoms with E-state index in [1.807, 2.05) is 17.2 Å². The van der Waals surface area contributed by atoms with E-state index in [0.717, 1.165) is 47.6 Å². The predicted octanol–water partition coefficient (Wildman–Crippen LogP) is 5.19. The van der Waals surface area contributed by atoms with Gasteiger partial charge >= 0.3 is 6.03 Å². The van der Waals surface area contributed by atoms with Gasteiger partial charge in [0.05, 0.1) is 18.9 Å². The summed E-state index contributed by atoms with van der Waals surface area (Å²) in [5.74, 6) is 5.77. The molecule has 2 amide bonds. The molecule has 0 radical (unpaired) electrons. The van der Waals surface area contributed by atoms with Gasteiger partial charge in [-0.3, -0.25) is 4.90 Å². The predicted molar refractivity (Wildman–Crippen MR) is 124 cm³/mol. The van der Waals surface area contributed by atoms with Crippen LogP contribution in [-0.4, -0.2) is 54.8 Å². The summed E-state index contributed by atoms with van der Waals surface area (Å²) in [5, 5.41) is 0. The van der Waals surface area contributed by atoms with Crippen LogP contribution < -0.4 is 0 Å². The summed E-state index contributed by atoms with van der Waals surface area (Å²) in [6, 6.07) is 0.446. The fraction of sp³-hybridized carbons (Fsp3) is 0.815. The molecule has 6 rings (SSSR count). The van der Waals surface area contributed by atoms with Crippen molar-refractivity contribution >= 4 is 6.03 Å². The highest BCUT2D eigenvalue weighted by Crippen LogP contribution is 2.58. The quantitative estimate of drug-likeness (QED) is 0.593. The Labute approximate surface area is 193 Å². The molecular formula is C27H40N2O3. The first-order chi connectivity index (χ1) is 15.8. The molecule has 2 aliphatic heterocycles. The van der Waals surface area contributed by atoms with Crippen molar-refractivity contribution in [3.63, 3.8) is 0 Å². The number of allylic oxidation sites excluding steroid dienone is 1. The first-order valence-electron chi connectivity index (χ1n) is 13.4. The highest BCUT2D eigenvalue weighted by molar-refractivity contribution is 5.77. The van der Waals surface area contributed by atoms with Crippen LogP contribution in [0.25, 0.3) is 0 Å². The summed E-state index contributed by atoms with van der Waals surface area (Å²) in [4.78, 5) is 17.8. The van der Waals surface area contributed by atoms with Gasteiger partial charge in [-0.1, -0.05) is 12.8 Å². The lowest BCUT2D eigenvalue weighted by Crippen LogP contribution is -2.54. The molecule has 6 aliphatic rings. The molecule has 0 aromatic heterocycles. The van der Waals surface area contributed by atoms with Gasteiger partial charge in [0, 0.05) is 19.1 Å². The summed E-state index contributed by atoms with van der Waals surface area (Å²) in [5.41, 5.74) is 0.941. The van der Waals surface area contributed by atoms with Crippen molar-refractivity contribution in [1.82, 2.24) is 9.80 Å². The lowest BCUT2D eigenvalue weighted by atomic mass is 9.53. The van der Waals surface area contributed by atoms with Crippen LogP contribution in [0.5, 0.6) is 0 Å². The van der Waals surface area contributed by atoms with Crippen LogP contribution >= 0.6 is 0 Å². The number of rotatable bonds is 2. The lowest BCUT2D eigenvalue weighted by Gasteiger charge is -2.54. The van der Waals surface area contributed by atoms with E-state index >= 15 is 0 Å². The highest BCUT2D eigenvalue weighted by atomic mass is 16.5. The Hall–Kier alpha value is -1.49. The van der Waals surface area contributed by atoms with Gasteiger partial charge < -0.3 is 14.4 Å². The van der Waals surface area contributed by atoms with E-state index in [2.05, 4.69) is 11.0 Å². The van der Waals surface area contributed by atoms with Crippen LogP contribution in [0.2, 0.25) is 0 Å². The number of morpholine rings is 1. The number of hydrogen-bond donors (Lipinski definition) is 0. The van der Waals surface area contributed by atoms with E-state index in [0.29, 0.717) is 39.0 Å².